The first kappa shape index (κ1) is 13.9. The molecule has 0 saturated heterocycles. The molecule has 0 saturated carbocycles. The number of aromatic nitrogens is 2. The molecular formula is C14H15ClFN3. The maximum atomic E-state index is 13.8. The molecule has 1 N–H and O–H groups in total. The molecule has 1 heterocycles. The van der Waals surface area contributed by atoms with Crippen molar-refractivity contribution >= 4 is 11.6 Å². The topological polar surface area (TPSA) is 37.8 Å². The summed E-state index contributed by atoms with van der Waals surface area (Å²) in [5, 5.41) is 3.81. The summed E-state index contributed by atoms with van der Waals surface area (Å²) >= 11 is 5.91. The average Bonchev–Trinajstić information content (AvgIpc) is 2.43. The lowest BCUT2D eigenvalue weighted by molar-refractivity contribution is 0.516. The normalized spacial score (nSPS) is 12.4. The minimum Gasteiger partial charge on any atom is -0.309 e. The van der Waals surface area contributed by atoms with E-state index in [9.17, 15) is 4.39 Å². The Hall–Kier alpha value is -1.52. The summed E-state index contributed by atoms with van der Waals surface area (Å²) < 4.78 is 13.8. The molecule has 1 aromatic carbocycles. The molecule has 3 nitrogen and oxygen atoms in total. The Balaban J connectivity index is 2.24. The highest BCUT2D eigenvalue weighted by Gasteiger charge is 2.15. The lowest BCUT2D eigenvalue weighted by atomic mass is 10.0. The molecule has 2 aromatic rings. The van der Waals surface area contributed by atoms with Gasteiger partial charge in [0, 0.05) is 23.6 Å². The summed E-state index contributed by atoms with van der Waals surface area (Å²) in [5.41, 5.74) is 1.37. The highest BCUT2D eigenvalue weighted by Crippen LogP contribution is 2.21. The molecule has 0 aliphatic carbocycles. The number of halogens is 2. The molecule has 0 bridgehead atoms. The van der Waals surface area contributed by atoms with Crippen molar-refractivity contribution < 1.29 is 4.39 Å². The van der Waals surface area contributed by atoms with E-state index in [0.717, 1.165) is 12.2 Å². The number of nitrogens with zero attached hydrogens (tertiary/aromatic N) is 2. The summed E-state index contributed by atoms with van der Waals surface area (Å²) in [4.78, 5) is 8.31. The van der Waals surface area contributed by atoms with E-state index >= 15 is 0 Å². The van der Waals surface area contributed by atoms with Crippen LogP contribution in [0.1, 0.15) is 24.2 Å². The van der Waals surface area contributed by atoms with E-state index in [0.29, 0.717) is 17.0 Å². The highest BCUT2D eigenvalue weighted by molar-refractivity contribution is 6.30. The van der Waals surface area contributed by atoms with E-state index in [1.165, 1.54) is 6.07 Å². The Kier molecular flexibility index (Phi) is 4.82. The fourth-order valence-corrected chi connectivity index (χ4v) is 2.13. The van der Waals surface area contributed by atoms with Crippen molar-refractivity contribution in [3.8, 4) is 0 Å². The van der Waals surface area contributed by atoms with Gasteiger partial charge in [0.15, 0.2) is 0 Å². The summed E-state index contributed by atoms with van der Waals surface area (Å²) in [5.74, 6) is -0.254. The maximum Gasteiger partial charge on any atom is 0.126 e. The van der Waals surface area contributed by atoms with Crippen molar-refractivity contribution in [2.75, 3.05) is 6.54 Å². The summed E-state index contributed by atoms with van der Waals surface area (Å²) in [6.45, 7) is 2.77. The van der Waals surface area contributed by atoms with Gasteiger partial charge in [-0.05, 0) is 36.7 Å². The Morgan fingerprint density at radius 1 is 1.37 bits per heavy atom. The van der Waals surface area contributed by atoms with Crippen LogP contribution in [0.3, 0.4) is 0 Å². The molecule has 0 aliphatic rings. The van der Waals surface area contributed by atoms with Gasteiger partial charge in [-0.15, -0.1) is 0 Å². The quantitative estimate of drug-likeness (QED) is 0.914. The minimum atomic E-state index is -0.254. The number of likely N-dealkylation sites (N-methyl/N-ethyl adjacent to an activating group) is 1. The molecule has 0 radical (unpaired) electrons. The van der Waals surface area contributed by atoms with Crippen molar-refractivity contribution in [2.24, 2.45) is 0 Å². The van der Waals surface area contributed by atoms with Crippen LogP contribution in [0.2, 0.25) is 5.02 Å². The number of benzene rings is 1. The van der Waals surface area contributed by atoms with Gasteiger partial charge in [0.2, 0.25) is 0 Å². The second-order valence-corrected chi connectivity index (χ2v) is 4.62. The predicted molar refractivity (Wildman–Crippen MR) is 73.6 cm³/mol. The van der Waals surface area contributed by atoms with Crippen LogP contribution in [-0.2, 0) is 6.42 Å². The number of nitrogens with one attached hydrogen (secondary N) is 1. The van der Waals surface area contributed by atoms with Crippen molar-refractivity contribution in [3.05, 3.63) is 58.9 Å². The first-order valence-corrected chi connectivity index (χ1v) is 6.51. The van der Waals surface area contributed by atoms with Crippen LogP contribution in [0.4, 0.5) is 4.39 Å². The third-order valence-electron chi connectivity index (χ3n) is 2.82. The third kappa shape index (κ3) is 3.72. The first-order valence-electron chi connectivity index (χ1n) is 6.14. The van der Waals surface area contributed by atoms with Crippen molar-refractivity contribution in [2.45, 2.75) is 19.4 Å². The van der Waals surface area contributed by atoms with Gasteiger partial charge in [0.1, 0.15) is 5.82 Å². The van der Waals surface area contributed by atoms with E-state index in [1.807, 2.05) is 6.92 Å². The largest absolute Gasteiger partial charge is 0.309 e. The van der Waals surface area contributed by atoms with Crippen LogP contribution in [0.15, 0.2) is 36.8 Å². The second kappa shape index (κ2) is 6.59. The number of hydrogen-bond donors (Lipinski definition) is 1. The van der Waals surface area contributed by atoms with Crippen molar-refractivity contribution in [3.63, 3.8) is 0 Å². The van der Waals surface area contributed by atoms with Gasteiger partial charge in [-0.3, -0.25) is 9.97 Å². The molecule has 5 heteroatoms. The second-order valence-electron chi connectivity index (χ2n) is 4.18. The van der Waals surface area contributed by atoms with Crippen LogP contribution in [-0.4, -0.2) is 16.5 Å². The van der Waals surface area contributed by atoms with Crippen LogP contribution in [0, 0.1) is 5.82 Å². The average molecular weight is 280 g/mol. The van der Waals surface area contributed by atoms with Gasteiger partial charge < -0.3 is 5.32 Å². The van der Waals surface area contributed by atoms with Gasteiger partial charge >= 0.3 is 0 Å². The lowest BCUT2D eigenvalue weighted by Gasteiger charge is -2.17. The van der Waals surface area contributed by atoms with E-state index in [-0.39, 0.29) is 11.9 Å². The molecule has 100 valence electrons. The molecular weight excluding hydrogens is 265 g/mol. The fourth-order valence-electron chi connectivity index (χ4n) is 1.94. The first-order chi connectivity index (χ1) is 9.20. The molecule has 1 atom stereocenters. The maximum absolute atomic E-state index is 13.8. The smallest absolute Gasteiger partial charge is 0.126 e. The van der Waals surface area contributed by atoms with Crippen LogP contribution in [0.25, 0.3) is 0 Å². The molecule has 1 aromatic heterocycles. The monoisotopic (exact) mass is 279 g/mol. The van der Waals surface area contributed by atoms with Gasteiger partial charge in [-0.1, -0.05) is 18.5 Å². The number of rotatable bonds is 5. The van der Waals surface area contributed by atoms with E-state index in [4.69, 9.17) is 11.6 Å². The standard InChI is InChI=1S/C14H15ClFN3/c1-2-18-13(14-9-17-5-6-19-14)8-10-7-11(15)3-4-12(10)16/h3-7,9,13,18H,2,8H2,1H3. The zero-order valence-corrected chi connectivity index (χ0v) is 11.4. The molecule has 2 rings (SSSR count). The summed E-state index contributed by atoms with van der Waals surface area (Å²) in [7, 11) is 0. The Morgan fingerprint density at radius 2 is 2.21 bits per heavy atom. The Bertz CT molecular complexity index is 533. The van der Waals surface area contributed by atoms with Crippen molar-refractivity contribution in [1.82, 2.24) is 15.3 Å². The third-order valence-corrected chi connectivity index (χ3v) is 3.06. The zero-order valence-electron chi connectivity index (χ0n) is 10.6. The van der Waals surface area contributed by atoms with E-state index in [2.05, 4.69) is 15.3 Å². The zero-order chi connectivity index (χ0) is 13.7. The summed E-state index contributed by atoms with van der Waals surface area (Å²) in [6.07, 6.45) is 5.43. The predicted octanol–water partition coefficient (Wildman–Crippen LogP) is 3.16. The van der Waals surface area contributed by atoms with Crippen LogP contribution in [0.5, 0.6) is 0 Å². The van der Waals surface area contributed by atoms with Gasteiger partial charge in [0.25, 0.3) is 0 Å². The van der Waals surface area contributed by atoms with Crippen LogP contribution < -0.4 is 5.32 Å². The molecule has 0 aliphatic heterocycles. The van der Waals surface area contributed by atoms with Crippen LogP contribution >= 0.6 is 11.6 Å². The van der Waals surface area contributed by atoms with E-state index in [1.54, 1.807) is 30.7 Å². The van der Waals surface area contributed by atoms with Gasteiger partial charge in [-0.2, -0.15) is 0 Å². The number of hydrogen-bond acceptors (Lipinski definition) is 3. The SMILES string of the molecule is CCNC(Cc1cc(Cl)ccc1F)c1cnccn1. The molecule has 0 fully saturated rings. The molecule has 0 spiro atoms. The van der Waals surface area contributed by atoms with Gasteiger partial charge in [-0.25, -0.2) is 4.39 Å². The van der Waals surface area contributed by atoms with Crippen molar-refractivity contribution in [1.29, 1.82) is 0 Å². The Labute approximate surface area is 116 Å². The molecule has 19 heavy (non-hydrogen) atoms. The van der Waals surface area contributed by atoms with E-state index < -0.39 is 0 Å². The molecule has 0 amide bonds. The molecule has 1 unspecified atom stereocenters. The van der Waals surface area contributed by atoms with Gasteiger partial charge in [0.05, 0.1) is 11.7 Å². The fraction of sp³-hybridized carbons (Fsp3) is 0.286. The lowest BCUT2D eigenvalue weighted by Crippen LogP contribution is -2.24. The Morgan fingerprint density at radius 3 is 2.89 bits per heavy atom. The minimum absolute atomic E-state index is 0.0772. The highest BCUT2D eigenvalue weighted by atomic mass is 35.5. The summed E-state index contributed by atoms with van der Waals surface area (Å²) in [6, 6.07) is 4.51.